The third-order valence-corrected chi connectivity index (χ3v) is 5.04. The number of fused-ring (bicyclic) bond motifs is 1. The maximum atomic E-state index is 13.0. The van der Waals surface area contributed by atoms with Crippen LogP contribution in [0.2, 0.25) is 0 Å². The van der Waals surface area contributed by atoms with Crippen molar-refractivity contribution in [2.75, 3.05) is 21.3 Å². The number of hydrogen-bond donors (Lipinski definition) is 1. The number of hydrazone groups is 1. The lowest BCUT2D eigenvalue weighted by Crippen LogP contribution is -2.18. The number of nitrogens with one attached hydrogen (secondary N) is 1. The van der Waals surface area contributed by atoms with Gasteiger partial charge in [-0.1, -0.05) is 18.2 Å². The molecular formula is C25H23N3O5. The van der Waals surface area contributed by atoms with Crippen molar-refractivity contribution in [3.8, 4) is 28.5 Å². The van der Waals surface area contributed by atoms with Crippen LogP contribution in [0.3, 0.4) is 0 Å². The summed E-state index contributed by atoms with van der Waals surface area (Å²) in [6.45, 7) is 1.84. The number of furan rings is 1. The van der Waals surface area contributed by atoms with E-state index in [1.807, 2.05) is 37.3 Å². The molecule has 1 N–H and O–H groups in total. The zero-order chi connectivity index (χ0) is 23.4. The summed E-state index contributed by atoms with van der Waals surface area (Å²) in [7, 11) is 4.64. The molecule has 0 aliphatic carbocycles. The van der Waals surface area contributed by atoms with Crippen LogP contribution in [0.1, 0.15) is 21.9 Å². The summed E-state index contributed by atoms with van der Waals surface area (Å²) in [6, 6.07) is 16.3. The van der Waals surface area contributed by atoms with Crippen LogP contribution in [-0.4, -0.2) is 38.4 Å². The molecule has 0 unspecified atom stereocenters. The lowest BCUT2D eigenvalue weighted by Gasteiger charge is -2.15. The molecule has 2 heterocycles. The number of ether oxygens (including phenoxy) is 3. The van der Waals surface area contributed by atoms with Crippen LogP contribution in [0.15, 0.2) is 64.1 Å². The molecule has 8 heteroatoms. The topological polar surface area (TPSA) is 95.2 Å². The lowest BCUT2D eigenvalue weighted by atomic mass is 10.0. The average molecular weight is 445 g/mol. The predicted octanol–water partition coefficient (Wildman–Crippen LogP) is 4.59. The summed E-state index contributed by atoms with van der Waals surface area (Å²) < 4.78 is 21.8. The number of para-hydroxylation sites is 1. The first-order valence-electron chi connectivity index (χ1n) is 10.1. The van der Waals surface area contributed by atoms with Gasteiger partial charge in [-0.25, -0.2) is 10.4 Å². The molecule has 1 amide bonds. The predicted molar refractivity (Wildman–Crippen MR) is 125 cm³/mol. The SMILES string of the molecule is COc1cc(-c2cc(C(=O)N/N=C/c3ccc(C)o3)c3ccccc3n2)cc(OC)c1OC. The molecule has 8 nitrogen and oxygen atoms in total. The highest BCUT2D eigenvalue weighted by molar-refractivity contribution is 6.07. The van der Waals surface area contributed by atoms with Gasteiger partial charge in [-0.05, 0) is 43.3 Å². The van der Waals surface area contributed by atoms with E-state index in [0.29, 0.717) is 50.7 Å². The summed E-state index contributed by atoms with van der Waals surface area (Å²) in [5.74, 6) is 2.40. The van der Waals surface area contributed by atoms with Crippen LogP contribution in [0.4, 0.5) is 0 Å². The van der Waals surface area contributed by atoms with Crippen LogP contribution >= 0.6 is 0 Å². The zero-order valence-electron chi connectivity index (χ0n) is 18.7. The molecule has 0 bridgehead atoms. The van der Waals surface area contributed by atoms with Gasteiger partial charge in [0.2, 0.25) is 5.75 Å². The van der Waals surface area contributed by atoms with Crippen LogP contribution in [0.5, 0.6) is 17.2 Å². The van der Waals surface area contributed by atoms with Gasteiger partial charge in [-0.2, -0.15) is 5.10 Å². The number of nitrogens with zero attached hydrogens (tertiary/aromatic N) is 2. The quantitative estimate of drug-likeness (QED) is 0.330. The summed E-state index contributed by atoms with van der Waals surface area (Å²) >= 11 is 0. The molecule has 33 heavy (non-hydrogen) atoms. The highest BCUT2D eigenvalue weighted by Crippen LogP contribution is 2.41. The summed E-state index contributed by atoms with van der Waals surface area (Å²) in [4.78, 5) is 17.8. The summed E-state index contributed by atoms with van der Waals surface area (Å²) in [6.07, 6.45) is 1.45. The molecule has 0 spiro atoms. The van der Waals surface area contributed by atoms with E-state index in [-0.39, 0.29) is 5.91 Å². The van der Waals surface area contributed by atoms with Crippen molar-refractivity contribution in [1.29, 1.82) is 0 Å². The number of carbonyl (C=O) groups is 1. The monoisotopic (exact) mass is 445 g/mol. The molecule has 0 fully saturated rings. The van der Waals surface area contributed by atoms with Gasteiger partial charge in [-0.3, -0.25) is 4.79 Å². The molecule has 0 aliphatic heterocycles. The molecule has 0 atom stereocenters. The Bertz CT molecular complexity index is 1320. The lowest BCUT2D eigenvalue weighted by molar-refractivity contribution is 0.0956. The van der Waals surface area contributed by atoms with Crippen LogP contribution < -0.4 is 19.6 Å². The van der Waals surface area contributed by atoms with E-state index in [2.05, 4.69) is 10.5 Å². The Morgan fingerprint density at radius 1 is 1.00 bits per heavy atom. The first-order valence-corrected chi connectivity index (χ1v) is 10.1. The van der Waals surface area contributed by atoms with Crippen molar-refractivity contribution in [2.24, 2.45) is 5.10 Å². The van der Waals surface area contributed by atoms with Gasteiger partial charge in [0.25, 0.3) is 5.91 Å². The Morgan fingerprint density at radius 3 is 2.36 bits per heavy atom. The molecule has 4 aromatic rings. The van der Waals surface area contributed by atoms with Gasteiger partial charge in [0.1, 0.15) is 11.5 Å². The van der Waals surface area contributed by atoms with E-state index in [4.69, 9.17) is 23.6 Å². The molecule has 0 saturated heterocycles. The van der Waals surface area contributed by atoms with Crippen LogP contribution in [-0.2, 0) is 0 Å². The normalized spacial score (nSPS) is 11.0. The maximum Gasteiger partial charge on any atom is 0.272 e. The summed E-state index contributed by atoms with van der Waals surface area (Å²) in [5, 5.41) is 4.73. The maximum absolute atomic E-state index is 13.0. The third-order valence-electron chi connectivity index (χ3n) is 5.04. The van der Waals surface area contributed by atoms with Gasteiger partial charge < -0.3 is 18.6 Å². The second-order valence-electron chi connectivity index (χ2n) is 7.13. The Labute approximate surface area is 190 Å². The number of aryl methyl sites for hydroxylation is 1. The fraction of sp³-hybridized carbons (Fsp3) is 0.160. The third kappa shape index (κ3) is 4.50. The molecule has 0 aliphatic rings. The molecule has 0 saturated carbocycles. The Hall–Kier alpha value is -4.33. The van der Waals surface area contributed by atoms with Crippen molar-refractivity contribution in [1.82, 2.24) is 10.4 Å². The smallest absolute Gasteiger partial charge is 0.272 e. The second kappa shape index (κ2) is 9.44. The van der Waals surface area contributed by atoms with Gasteiger partial charge in [0.05, 0.1) is 44.3 Å². The second-order valence-corrected chi connectivity index (χ2v) is 7.13. The van der Waals surface area contributed by atoms with Crippen molar-refractivity contribution in [3.05, 3.63) is 71.7 Å². The Balaban J connectivity index is 1.76. The number of benzene rings is 2. The molecule has 4 rings (SSSR count). The molecule has 2 aromatic carbocycles. The minimum Gasteiger partial charge on any atom is -0.493 e. The van der Waals surface area contributed by atoms with Crippen LogP contribution in [0, 0.1) is 6.92 Å². The highest BCUT2D eigenvalue weighted by atomic mass is 16.5. The van der Waals surface area contributed by atoms with Crippen molar-refractivity contribution in [2.45, 2.75) is 6.92 Å². The van der Waals surface area contributed by atoms with E-state index in [9.17, 15) is 4.79 Å². The number of aromatic nitrogens is 1. The van der Waals surface area contributed by atoms with Gasteiger partial charge in [-0.15, -0.1) is 0 Å². The van der Waals surface area contributed by atoms with Crippen molar-refractivity contribution in [3.63, 3.8) is 0 Å². The van der Waals surface area contributed by atoms with Gasteiger partial charge >= 0.3 is 0 Å². The first-order chi connectivity index (χ1) is 16.0. The summed E-state index contributed by atoms with van der Waals surface area (Å²) in [5.41, 5.74) is 4.94. The Kier molecular flexibility index (Phi) is 6.26. The Morgan fingerprint density at radius 2 is 1.73 bits per heavy atom. The fourth-order valence-electron chi connectivity index (χ4n) is 3.48. The molecule has 0 radical (unpaired) electrons. The fourth-order valence-corrected chi connectivity index (χ4v) is 3.48. The average Bonchev–Trinajstić information content (AvgIpc) is 3.26. The largest absolute Gasteiger partial charge is 0.493 e. The highest BCUT2D eigenvalue weighted by Gasteiger charge is 2.18. The number of rotatable bonds is 7. The van der Waals surface area contributed by atoms with E-state index in [0.717, 1.165) is 5.76 Å². The van der Waals surface area contributed by atoms with Crippen molar-refractivity contribution >= 4 is 23.0 Å². The number of carbonyl (C=O) groups excluding carboxylic acids is 1. The molecular weight excluding hydrogens is 422 g/mol. The van der Waals surface area contributed by atoms with E-state index in [1.165, 1.54) is 6.21 Å². The number of methoxy groups -OCH3 is 3. The van der Waals surface area contributed by atoms with E-state index >= 15 is 0 Å². The first kappa shape index (κ1) is 21.9. The standard InChI is InChI=1S/C25H23N3O5/c1-15-9-10-17(33-15)14-26-28-25(29)19-13-21(27-20-8-6-5-7-18(19)20)16-11-22(30-2)24(32-4)23(12-16)31-3/h5-14H,1-4H3,(H,28,29)/b26-14+. The zero-order valence-corrected chi connectivity index (χ0v) is 18.7. The number of pyridine rings is 1. The van der Waals surface area contributed by atoms with Crippen molar-refractivity contribution < 1.29 is 23.4 Å². The van der Waals surface area contributed by atoms with E-state index < -0.39 is 0 Å². The van der Waals surface area contributed by atoms with E-state index in [1.54, 1.807) is 45.6 Å². The van der Waals surface area contributed by atoms with Gasteiger partial charge in [0.15, 0.2) is 11.5 Å². The van der Waals surface area contributed by atoms with Gasteiger partial charge in [0, 0.05) is 10.9 Å². The van der Waals surface area contributed by atoms with Crippen LogP contribution in [0.25, 0.3) is 22.2 Å². The number of hydrogen-bond acceptors (Lipinski definition) is 7. The minimum absolute atomic E-state index is 0.373. The number of amides is 1. The molecule has 2 aromatic heterocycles. The molecule has 168 valence electrons. The minimum atomic E-state index is -0.373.